The molecule has 25 heavy (non-hydrogen) atoms. The summed E-state index contributed by atoms with van der Waals surface area (Å²) in [6.07, 6.45) is 3.08. The predicted octanol–water partition coefficient (Wildman–Crippen LogP) is 0.780. The lowest BCUT2D eigenvalue weighted by Gasteiger charge is -2.16. The zero-order valence-electron chi connectivity index (χ0n) is 13.6. The maximum Gasteiger partial charge on any atom is 0.250 e. The van der Waals surface area contributed by atoms with Crippen LogP contribution in [0.4, 0.5) is 0 Å². The normalized spacial score (nSPS) is 15.4. The van der Waals surface area contributed by atoms with E-state index in [1.54, 1.807) is 24.3 Å². The average Bonchev–Trinajstić information content (AvgIpc) is 3.12. The molecule has 1 saturated heterocycles. The molecule has 0 unspecified atom stereocenters. The number of nitrogens with zero attached hydrogens (tertiary/aromatic N) is 2. The van der Waals surface area contributed by atoms with E-state index in [0.29, 0.717) is 18.7 Å². The van der Waals surface area contributed by atoms with Crippen LogP contribution in [0.25, 0.3) is 0 Å². The standard InChI is InChI=1S/C17H19N3O4S/c18-17(22)14-5-3-13(4-6-14)11-19-12-15(7-8-16(19)21)25(23,24)20-9-1-2-10-20/h3-8,12H,1-2,9-11H2,(H2,18,22). The Morgan fingerprint density at radius 2 is 1.68 bits per heavy atom. The van der Waals surface area contributed by atoms with Gasteiger partial charge in [0.1, 0.15) is 0 Å². The lowest BCUT2D eigenvalue weighted by molar-refractivity contribution is 0.100. The van der Waals surface area contributed by atoms with Crippen molar-refractivity contribution in [2.75, 3.05) is 13.1 Å². The summed E-state index contributed by atoms with van der Waals surface area (Å²) in [7, 11) is -3.58. The molecule has 0 aliphatic carbocycles. The van der Waals surface area contributed by atoms with Crippen LogP contribution in [-0.4, -0.2) is 36.3 Å². The lowest BCUT2D eigenvalue weighted by Crippen LogP contribution is -2.29. The van der Waals surface area contributed by atoms with Gasteiger partial charge in [-0.25, -0.2) is 8.42 Å². The van der Waals surface area contributed by atoms with Crippen LogP contribution in [0.1, 0.15) is 28.8 Å². The van der Waals surface area contributed by atoms with Crippen molar-refractivity contribution in [3.63, 3.8) is 0 Å². The van der Waals surface area contributed by atoms with Gasteiger partial charge in [0.2, 0.25) is 15.9 Å². The van der Waals surface area contributed by atoms with E-state index in [0.717, 1.165) is 18.4 Å². The first-order chi connectivity index (χ1) is 11.9. The number of rotatable bonds is 5. The molecule has 1 aromatic heterocycles. The van der Waals surface area contributed by atoms with Gasteiger partial charge in [-0.15, -0.1) is 0 Å². The molecule has 2 N–H and O–H groups in total. The molecular formula is C17H19N3O4S. The highest BCUT2D eigenvalue weighted by atomic mass is 32.2. The molecule has 0 spiro atoms. The van der Waals surface area contributed by atoms with Crippen LogP contribution < -0.4 is 11.3 Å². The topological polar surface area (TPSA) is 102 Å². The molecule has 1 fully saturated rings. The van der Waals surface area contributed by atoms with Gasteiger partial charge in [-0.05, 0) is 36.6 Å². The first-order valence-electron chi connectivity index (χ1n) is 7.97. The third-order valence-corrected chi connectivity index (χ3v) is 6.13. The van der Waals surface area contributed by atoms with Gasteiger partial charge in [-0.2, -0.15) is 4.31 Å². The number of carbonyl (C=O) groups excluding carboxylic acids is 1. The third-order valence-electron chi connectivity index (χ3n) is 4.25. The monoisotopic (exact) mass is 361 g/mol. The van der Waals surface area contributed by atoms with Crippen molar-refractivity contribution in [2.24, 2.45) is 5.73 Å². The largest absolute Gasteiger partial charge is 0.366 e. The number of hydrogen-bond donors (Lipinski definition) is 1. The molecule has 2 heterocycles. The molecule has 132 valence electrons. The SMILES string of the molecule is NC(=O)c1ccc(Cn2cc(S(=O)(=O)N3CCCC3)ccc2=O)cc1. The summed E-state index contributed by atoms with van der Waals surface area (Å²) in [5, 5.41) is 0. The molecule has 1 amide bonds. The Balaban J connectivity index is 1.89. The zero-order valence-corrected chi connectivity index (χ0v) is 14.4. The van der Waals surface area contributed by atoms with Gasteiger partial charge in [0.05, 0.1) is 11.4 Å². The second-order valence-corrected chi connectivity index (χ2v) is 7.94. The Morgan fingerprint density at radius 3 is 2.28 bits per heavy atom. The second-order valence-electron chi connectivity index (χ2n) is 6.00. The molecule has 0 bridgehead atoms. The Hall–Kier alpha value is -2.45. The molecule has 0 saturated carbocycles. The number of carbonyl (C=O) groups is 1. The fourth-order valence-corrected chi connectivity index (χ4v) is 4.37. The summed E-state index contributed by atoms with van der Waals surface area (Å²) in [4.78, 5) is 23.3. The Morgan fingerprint density at radius 1 is 1.04 bits per heavy atom. The molecule has 1 aliphatic rings. The summed E-state index contributed by atoms with van der Waals surface area (Å²) in [6.45, 7) is 1.23. The van der Waals surface area contributed by atoms with E-state index in [2.05, 4.69) is 0 Å². The van der Waals surface area contributed by atoms with Crippen LogP contribution in [0.2, 0.25) is 0 Å². The minimum Gasteiger partial charge on any atom is -0.366 e. The average molecular weight is 361 g/mol. The van der Waals surface area contributed by atoms with Crippen LogP contribution in [0.15, 0.2) is 52.3 Å². The van der Waals surface area contributed by atoms with E-state index in [-0.39, 0.29) is 17.0 Å². The van der Waals surface area contributed by atoms with Crippen molar-refractivity contribution in [1.29, 1.82) is 0 Å². The molecule has 2 aromatic rings. The molecular weight excluding hydrogens is 342 g/mol. The first kappa shape index (κ1) is 17.4. The Bertz CT molecular complexity index is 943. The van der Waals surface area contributed by atoms with E-state index in [1.807, 2.05) is 0 Å². The maximum atomic E-state index is 12.6. The lowest BCUT2D eigenvalue weighted by atomic mass is 10.1. The van der Waals surface area contributed by atoms with Crippen molar-refractivity contribution in [1.82, 2.24) is 8.87 Å². The second kappa shape index (κ2) is 6.81. The molecule has 3 rings (SSSR count). The number of benzene rings is 1. The predicted molar refractivity (Wildman–Crippen MR) is 92.8 cm³/mol. The molecule has 0 radical (unpaired) electrons. The van der Waals surface area contributed by atoms with Crippen LogP contribution in [-0.2, 0) is 16.6 Å². The molecule has 1 aromatic carbocycles. The van der Waals surface area contributed by atoms with Gasteiger partial charge in [-0.1, -0.05) is 12.1 Å². The molecule has 1 aliphatic heterocycles. The van der Waals surface area contributed by atoms with E-state index in [4.69, 9.17) is 5.73 Å². The van der Waals surface area contributed by atoms with Gasteiger partial charge in [0.25, 0.3) is 5.56 Å². The van der Waals surface area contributed by atoms with Crippen molar-refractivity contribution in [2.45, 2.75) is 24.3 Å². The highest BCUT2D eigenvalue weighted by molar-refractivity contribution is 7.89. The zero-order chi connectivity index (χ0) is 18.0. The number of aromatic nitrogens is 1. The highest BCUT2D eigenvalue weighted by Gasteiger charge is 2.27. The van der Waals surface area contributed by atoms with Crippen molar-refractivity contribution in [3.8, 4) is 0 Å². The van der Waals surface area contributed by atoms with Gasteiger partial charge < -0.3 is 10.3 Å². The summed E-state index contributed by atoms with van der Waals surface area (Å²) in [5.41, 5.74) is 6.05. The Labute approximate surface area is 145 Å². The van der Waals surface area contributed by atoms with Crippen molar-refractivity contribution < 1.29 is 13.2 Å². The first-order valence-corrected chi connectivity index (χ1v) is 9.41. The smallest absolute Gasteiger partial charge is 0.250 e. The molecule has 8 heteroatoms. The summed E-state index contributed by atoms with van der Waals surface area (Å²) < 4.78 is 28.1. The number of amides is 1. The summed E-state index contributed by atoms with van der Waals surface area (Å²) >= 11 is 0. The van der Waals surface area contributed by atoms with Gasteiger partial charge in [-0.3, -0.25) is 9.59 Å². The summed E-state index contributed by atoms with van der Waals surface area (Å²) in [5.74, 6) is -0.526. The molecule has 7 nitrogen and oxygen atoms in total. The van der Waals surface area contributed by atoms with Crippen LogP contribution in [0.3, 0.4) is 0 Å². The number of primary amides is 1. The van der Waals surface area contributed by atoms with Crippen LogP contribution in [0.5, 0.6) is 0 Å². The Kier molecular flexibility index (Phi) is 4.73. The number of sulfonamides is 1. The fourth-order valence-electron chi connectivity index (χ4n) is 2.83. The van der Waals surface area contributed by atoms with Crippen LogP contribution >= 0.6 is 0 Å². The highest BCUT2D eigenvalue weighted by Crippen LogP contribution is 2.20. The van der Waals surface area contributed by atoms with Gasteiger partial charge in [0.15, 0.2) is 0 Å². The van der Waals surface area contributed by atoms with Crippen molar-refractivity contribution >= 4 is 15.9 Å². The van der Waals surface area contributed by atoms with E-state index in [9.17, 15) is 18.0 Å². The summed E-state index contributed by atoms with van der Waals surface area (Å²) in [6, 6.07) is 9.15. The fraction of sp³-hybridized carbons (Fsp3) is 0.294. The molecule has 0 atom stereocenters. The quantitative estimate of drug-likeness (QED) is 0.850. The van der Waals surface area contributed by atoms with Gasteiger partial charge >= 0.3 is 0 Å². The number of hydrogen-bond acceptors (Lipinski definition) is 4. The third kappa shape index (κ3) is 3.64. The minimum absolute atomic E-state index is 0.114. The van der Waals surface area contributed by atoms with Gasteiger partial charge in [0, 0.05) is 30.9 Å². The maximum absolute atomic E-state index is 12.6. The number of pyridine rings is 1. The van der Waals surface area contributed by atoms with Crippen molar-refractivity contribution in [3.05, 3.63) is 64.1 Å². The number of nitrogens with two attached hydrogens (primary N) is 1. The van der Waals surface area contributed by atoms with E-state index < -0.39 is 15.9 Å². The van der Waals surface area contributed by atoms with E-state index in [1.165, 1.54) is 27.2 Å². The van der Waals surface area contributed by atoms with Crippen LogP contribution in [0, 0.1) is 0 Å². The minimum atomic E-state index is -3.58. The van der Waals surface area contributed by atoms with E-state index >= 15 is 0 Å².